The summed E-state index contributed by atoms with van der Waals surface area (Å²) in [6.45, 7) is 0. The Kier molecular flexibility index (Phi) is 3.97. The highest BCUT2D eigenvalue weighted by atomic mass is 79.9. The molecule has 7 heteroatoms. The molecule has 0 bridgehead atoms. The molecule has 0 fully saturated rings. The zero-order valence-electron chi connectivity index (χ0n) is 10.2. The Hall–Kier alpha value is -2.04. The van der Waals surface area contributed by atoms with Gasteiger partial charge in [-0.15, -0.1) is 0 Å². The molecule has 0 unspecified atom stereocenters. The van der Waals surface area contributed by atoms with Crippen molar-refractivity contribution in [2.45, 2.75) is 4.90 Å². The van der Waals surface area contributed by atoms with Gasteiger partial charge >= 0.3 is 0 Å². The monoisotopic (exact) mass is 351 g/mol. The maximum atomic E-state index is 12.2. The molecule has 102 valence electrons. The first kappa shape index (κ1) is 14.4. The van der Waals surface area contributed by atoms with Crippen LogP contribution in [0.15, 0.2) is 51.8 Å². The number of nitrogen functional groups attached to an aromatic ring is 1. The van der Waals surface area contributed by atoms with Gasteiger partial charge in [0, 0.05) is 10.2 Å². The van der Waals surface area contributed by atoms with E-state index >= 15 is 0 Å². The van der Waals surface area contributed by atoms with Crippen LogP contribution in [0, 0.1) is 11.3 Å². The number of benzene rings is 2. The van der Waals surface area contributed by atoms with Crippen molar-refractivity contribution >= 4 is 37.3 Å². The molecule has 0 saturated carbocycles. The molecule has 0 radical (unpaired) electrons. The topological polar surface area (TPSA) is 96.0 Å². The number of halogens is 1. The number of hydrogen-bond donors (Lipinski definition) is 2. The minimum Gasteiger partial charge on any atom is -0.398 e. The molecule has 0 heterocycles. The van der Waals surface area contributed by atoms with Crippen LogP contribution in [0.3, 0.4) is 0 Å². The molecule has 0 aliphatic carbocycles. The van der Waals surface area contributed by atoms with Gasteiger partial charge < -0.3 is 5.73 Å². The number of nitrogens with zero attached hydrogens (tertiary/aromatic N) is 1. The summed E-state index contributed by atoms with van der Waals surface area (Å²) in [7, 11) is -3.74. The summed E-state index contributed by atoms with van der Waals surface area (Å²) in [5.74, 6) is 0. The van der Waals surface area contributed by atoms with Crippen molar-refractivity contribution in [3.8, 4) is 6.07 Å². The van der Waals surface area contributed by atoms with Gasteiger partial charge in [0.2, 0.25) is 0 Å². The van der Waals surface area contributed by atoms with Gasteiger partial charge in [-0.1, -0.05) is 6.07 Å². The fourth-order valence-electron chi connectivity index (χ4n) is 1.56. The summed E-state index contributed by atoms with van der Waals surface area (Å²) in [6, 6.07) is 12.5. The number of anilines is 2. The van der Waals surface area contributed by atoms with Crippen molar-refractivity contribution in [2.24, 2.45) is 0 Å². The van der Waals surface area contributed by atoms with Crippen LogP contribution in [-0.2, 0) is 10.0 Å². The third kappa shape index (κ3) is 3.10. The van der Waals surface area contributed by atoms with Crippen LogP contribution in [-0.4, -0.2) is 8.42 Å². The molecule has 5 nitrogen and oxygen atoms in total. The van der Waals surface area contributed by atoms with E-state index in [-0.39, 0.29) is 4.90 Å². The second-order valence-corrected chi connectivity index (χ2v) is 6.52. The smallest absolute Gasteiger partial charge is 0.261 e. The van der Waals surface area contributed by atoms with Gasteiger partial charge in [0.25, 0.3) is 10.0 Å². The van der Waals surface area contributed by atoms with E-state index in [9.17, 15) is 8.42 Å². The van der Waals surface area contributed by atoms with E-state index in [4.69, 9.17) is 11.0 Å². The highest BCUT2D eigenvalue weighted by molar-refractivity contribution is 9.10. The third-order valence-electron chi connectivity index (χ3n) is 2.52. The normalized spacial score (nSPS) is 10.8. The average molecular weight is 352 g/mol. The first-order valence-electron chi connectivity index (χ1n) is 5.50. The molecular weight excluding hydrogens is 342 g/mol. The quantitative estimate of drug-likeness (QED) is 0.830. The number of sulfonamides is 1. The Labute approximate surface area is 125 Å². The SMILES string of the molecule is N#Cc1cccc(NS(=O)(=O)c2ccc(Br)c(N)c2)c1. The molecular formula is C13H10BrN3O2S. The highest BCUT2D eigenvalue weighted by Crippen LogP contribution is 2.24. The second-order valence-electron chi connectivity index (χ2n) is 3.98. The summed E-state index contributed by atoms with van der Waals surface area (Å²) >= 11 is 3.21. The second kappa shape index (κ2) is 5.53. The molecule has 3 N–H and O–H groups in total. The van der Waals surface area contributed by atoms with Gasteiger partial charge in [0.05, 0.1) is 22.2 Å². The Morgan fingerprint density at radius 3 is 2.60 bits per heavy atom. The Morgan fingerprint density at radius 1 is 1.20 bits per heavy atom. The summed E-state index contributed by atoms with van der Waals surface area (Å²) < 4.78 is 27.4. The molecule has 0 atom stereocenters. The lowest BCUT2D eigenvalue weighted by Gasteiger charge is -2.09. The lowest BCUT2D eigenvalue weighted by atomic mass is 10.2. The Bertz CT molecular complexity index is 798. The van der Waals surface area contributed by atoms with E-state index < -0.39 is 10.0 Å². The lowest BCUT2D eigenvalue weighted by molar-refractivity contribution is 0.601. The Balaban J connectivity index is 2.35. The van der Waals surface area contributed by atoms with Gasteiger partial charge in [-0.2, -0.15) is 5.26 Å². The first-order valence-corrected chi connectivity index (χ1v) is 7.78. The minimum absolute atomic E-state index is 0.0561. The van der Waals surface area contributed by atoms with E-state index in [1.165, 1.54) is 18.2 Å². The average Bonchev–Trinajstić information content (AvgIpc) is 2.41. The number of nitrogens with two attached hydrogens (primary N) is 1. The number of rotatable bonds is 3. The van der Waals surface area contributed by atoms with Crippen LogP contribution in [0.1, 0.15) is 5.56 Å². The molecule has 0 aromatic heterocycles. The number of nitrogens with one attached hydrogen (secondary N) is 1. The third-order valence-corrected chi connectivity index (χ3v) is 4.62. The molecule has 0 saturated heterocycles. The maximum Gasteiger partial charge on any atom is 0.261 e. The molecule has 0 aliphatic heterocycles. The van der Waals surface area contributed by atoms with E-state index in [1.807, 2.05) is 6.07 Å². The van der Waals surface area contributed by atoms with Crippen LogP contribution in [0.4, 0.5) is 11.4 Å². The van der Waals surface area contributed by atoms with E-state index in [0.717, 1.165) is 0 Å². The fraction of sp³-hybridized carbons (Fsp3) is 0. The Morgan fingerprint density at radius 2 is 1.95 bits per heavy atom. The summed E-state index contributed by atoms with van der Waals surface area (Å²) in [5.41, 5.74) is 6.71. The first-order chi connectivity index (χ1) is 9.42. The fourth-order valence-corrected chi connectivity index (χ4v) is 2.89. The number of nitriles is 1. The molecule has 0 aliphatic rings. The summed E-state index contributed by atoms with van der Waals surface area (Å²) in [6.07, 6.45) is 0. The van der Waals surface area contributed by atoms with Crippen molar-refractivity contribution < 1.29 is 8.42 Å². The van der Waals surface area contributed by atoms with E-state index in [0.29, 0.717) is 21.4 Å². The van der Waals surface area contributed by atoms with Crippen molar-refractivity contribution in [2.75, 3.05) is 10.5 Å². The molecule has 20 heavy (non-hydrogen) atoms. The zero-order valence-corrected chi connectivity index (χ0v) is 12.6. The molecule has 0 spiro atoms. The van der Waals surface area contributed by atoms with Crippen molar-refractivity contribution in [1.29, 1.82) is 5.26 Å². The van der Waals surface area contributed by atoms with Crippen molar-refractivity contribution in [3.05, 3.63) is 52.5 Å². The van der Waals surface area contributed by atoms with Gasteiger partial charge in [-0.25, -0.2) is 8.42 Å². The van der Waals surface area contributed by atoms with Gasteiger partial charge in [0.15, 0.2) is 0 Å². The van der Waals surface area contributed by atoms with Crippen LogP contribution in [0.25, 0.3) is 0 Å². The summed E-state index contributed by atoms with van der Waals surface area (Å²) in [5, 5.41) is 8.80. The summed E-state index contributed by atoms with van der Waals surface area (Å²) in [4.78, 5) is 0.0561. The lowest BCUT2D eigenvalue weighted by Crippen LogP contribution is -2.13. The van der Waals surface area contributed by atoms with Crippen LogP contribution in [0.2, 0.25) is 0 Å². The van der Waals surface area contributed by atoms with Gasteiger partial charge in [-0.3, -0.25) is 4.72 Å². The zero-order chi connectivity index (χ0) is 14.8. The highest BCUT2D eigenvalue weighted by Gasteiger charge is 2.15. The molecule has 0 amide bonds. The van der Waals surface area contributed by atoms with Crippen molar-refractivity contribution in [3.63, 3.8) is 0 Å². The van der Waals surface area contributed by atoms with Gasteiger partial charge in [0.1, 0.15) is 0 Å². The maximum absolute atomic E-state index is 12.2. The van der Waals surface area contributed by atoms with Crippen LogP contribution < -0.4 is 10.5 Å². The van der Waals surface area contributed by atoms with Crippen LogP contribution in [0.5, 0.6) is 0 Å². The largest absolute Gasteiger partial charge is 0.398 e. The molecule has 2 aromatic carbocycles. The van der Waals surface area contributed by atoms with E-state index in [1.54, 1.807) is 24.3 Å². The predicted octanol–water partition coefficient (Wildman–Crippen LogP) is 2.70. The minimum atomic E-state index is -3.74. The van der Waals surface area contributed by atoms with E-state index in [2.05, 4.69) is 20.7 Å². The molecule has 2 aromatic rings. The number of hydrogen-bond acceptors (Lipinski definition) is 4. The van der Waals surface area contributed by atoms with Crippen molar-refractivity contribution in [1.82, 2.24) is 0 Å². The standard InChI is InChI=1S/C13H10BrN3O2S/c14-12-5-4-11(7-13(12)16)20(18,19)17-10-3-1-2-9(6-10)8-15/h1-7,17H,16H2. The van der Waals surface area contributed by atoms with Crippen LogP contribution >= 0.6 is 15.9 Å². The molecule has 2 rings (SSSR count). The van der Waals surface area contributed by atoms with Gasteiger partial charge in [-0.05, 0) is 52.3 Å². The predicted molar refractivity (Wildman–Crippen MR) is 80.5 cm³/mol.